The van der Waals surface area contributed by atoms with Crippen molar-refractivity contribution in [3.8, 4) is 0 Å². The number of rotatable bonds is 6. The zero-order chi connectivity index (χ0) is 36.8. The monoisotopic (exact) mass is 737 g/mol. The molecule has 0 unspecified atom stereocenters. The first kappa shape index (κ1) is 38.1. The fraction of sp³-hybridized carbons (Fsp3) is 0.974. The van der Waals surface area contributed by atoms with E-state index >= 15 is 0 Å². The average Bonchev–Trinajstić information content (AvgIpc) is 3.51. The number of hydrogen-bond donors (Lipinski definition) is 7. The van der Waals surface area contributed by atoms with E-state index in [4.69, 9.17) is 18.9 Å². The van der Waals surface area contributed by atoms with Gasteiger partial charge in [0.05, 0.1) is 19.3 Å². The van der Waals surface area contributed by atoms with Crippen LogP contribution in [0, 0.1) is 58.7 Å². The third-order valence-electron chi connectivity index (χ3n) is 16.0. The quantitative estimate of drug-likeness (QED) is 0.185. The Morgan fingerprint density at radius 2 is 1.42 bits per heavy atom. The molecule has 4 aliphatic carbocycles. The summed E-state index contributed by atoms with van der Waals surface area (Å²) in [6.45, 7) is 8.44. The third kappa shape index (κ3) is 6.25. The van der Waals surface area contributed by atoms with Crippen LogP contribution in [-0.4, -0.2) is 146 Å². The number of aliphatic hydroxyl groups is 7. The van der Waals surface area contributed by atoms with Gasteiger partial charge in [-0.05, 0) is 104 Å². The molecule has 0 radical (unpaired) electrons. The Morgan fingerprint density at radius 3 is 2.17 bits per heavy atom. The number of carbonyl (C=O) groups is 1. The van der Waals surface area contributed by atoms with Crippen molar-refractivity contribution in [1.29, 1.82) is 0 Å². The second-order valence-electron chi connectivity index (χ2n) is 18.6. The molecule has 0 spiro atoms. The average molecular weight is 738 g/mol. The van der Waals surface area contributed by atoms with Crippen molar-refractivity contribution in [2.45, 2.75) is 152 Å². The Bertz CT molecular complexity index is 1290. The Labute approximate surface area is 306 Å². The molecule has 0 bridgehead atoms. The van der Waals surface area contributed by atoms with E-state index in [9.17, 15) is 40.5 Å². The van der Waals surface area contributed by atoms with E-state index in [1.54, 1.807) is 0 Å². The van der Waals surface area contributed by atoms with Crippen LogP contribution in [0.4, 0.5) is 0 Å². The maximum absolute atomic E-state index is 14.1. The molecule has 8 aliphatic rings. The van der Waals surface area contributed by atoms with Crippen molar-refractivity contribution in [3.05, 3.63) is 0 Å². The molecule has 13 nitrogen and oxygen atoms in total. The minimum absolute atomic E-state index is 0.112. The van der Waals surface area contributed by atoms with Gasteiger partial charge in [-0.15, -0.1) is 0 Å². The minimum Gasteiger partial charge on any atom is -0.394 e. The molecule has 8 fully saturated rings. The number of carbonyl (C=O) groups excluding carboxylic acids is 1. The maximum atomic E-state index is 14.1. The zero-order valence-corrected chi connectivity index (χ0v) is 30.9. The van der Waals surface area contributed by atoms with E-state index in [1.165, 1.54) is 45.2 Å². The molecule has 4 saturated carbocycles. The molecule has 0 aromatic heterocycles. The van der Waals surface area contributed by atoms with E-state index in [0.29, 0.717) is 48.7 Å². The van der Waals surface area contributed by atoms with Gasteiger partial charge in [0.1, 0.15) is 54.6 Å². The number of ketones is 1. The molecule has 4 heterocycles. The van der Waals surface area contributed by atoms with E-state index in [2.05, 4.69) is 25.7 Å². The number of nitrogens with zero attached hydrogens (tertiary/aromatic N) is 1. The van der Waals surface area contributed by atoms with Crippen LogP contribution in [0.2, 0.25) is 0 Å². The molecule has 0 aromatic carbocycles. The molecule has 0 aromatic rings. The first-order valence-electron chi connectivity index (χ1n) is 20.3. The van der Waals surface area contributed by atoms with E-state index in [0.717, 1.165) is 36.1 Å². The SMILES string of the molecule is C[C@H]1CC[C@H]2[C@H](C)[C@@H]3CC[C@@H]4[C@@H](C[C@H]5[C@H]4CC(=O)[C@H]4C[C@@H](O[C@@H]6O[C@H](CO)[C@@H](O[C@@H]7O[C@H](CO)[C@@H](O)[C@H](O)[C@H]7O)[C@H](O)[C@H]6O)CC[C@@]45C)[C@@H]3CN2C1. The van der Waals surface area contributed by atoms with Crippen LogP contribution in [0.25, 0.3) is 0 Å². The van der Waals surface area contributed by atoms with E-state index in [-0.39, 0.29) is 11.3 Å². The number of hydrogen-bond acceptors (Lipinski definition) is 13. The Hall–Kier alpha value is -0.810. The van der Waals surface area contributed by atoms with Gasteiger partial charge in [0.25, 0.3) is 0 Å². The zero-order valence-electron chi connectivity index (χ0n) is 30.9. The largest absolute Gasteiger partial charge is 0.394 e. The van der Waals surface area contributed by atoms with Crippen molar-refractivity contribution in [1.82, 2.24) is 4.90 Å². The number of piperidine rings is 2. The summed E-state index contributed by atoms with van der Waals surface area (Å²) >= 11 is 0. The number of aliphatic hydroxyl groups excluding tert-OH is 7. The second kappa shape index (κ2) is 14.6. The lowest BCUT2D eigenvalue weighted by Gasteiger charge is -2.56. The summed E-state index contributed by atoms with van der Waals surface area (Å²) in [6.07, 6.45) is -6.23. The Kier molecular flexibility index (Phi) is 10.7. The predicted molar refractivity (Wildman–Crippen MR) is 184 cm³/mol. The lowest BCUT2D eigenvalue weighted by molar-refractivity contribution is -0.364. The van der Waals surface area contributed by atoms with Gasteiger partial charge in [0.15, 0.2) is 12.6 Å². The van der Waals surface area contributed by atoms with Crippen molar-refractivity contribution < 1.29 is 59.5 Å². The van der Waals surface area contributed by atoms with Gasteiger partial charge in [0, 0.05) is 31.5 Å². The fourth-order valence-corrected chi connectivity index (χ4v) is 13.3. The summed E-state index contributed by atoms with van der Waals surface area (Å²) < 4.78 is 23.4. The van der Waals surface area contributed by atoms with Crippen molar-refractivity contribution in [3.63, 3.8) is 0 Å². The molecule has 296 valence electrons. The van der Waals surface area contributed by atoms with Crippen LogP contribution >= 0.6 is 0 Å². The molecular formula is C39H63NO12. The van der Waals surface area contributed by atoms with Gasteiger partial charge in [0.2, 0.25) is 0 Å². The highest BCUT2D eigenvalue weighted by Gasteiger charge is 2.63. The molecule has 52 heavy (non-hydrogen) atoms. The third-order valence-corrected chi connectivity index (χ3v) is 16.0. The van der Waals surface area contributed by atoms with Crippen LogP contribution < -0.4 is 0 Å². The lowest BCUT2D eigenvalue weighted by atomic mass is 9.51. The molecule has 22 atom stereocenters. The summed E-state index contributed by atoms with van der Waals surface area (Å²) in [7, 11) is 0. The van der Waals surface area contributed by atoms with Gasteiger partial charge in [-0.3, -0.25) is 9.69 Å². The van der Waals surface area contributed by atoms with E-state index < -0.39 is 80.7 Å². The normalized spacial score (nSPS) is 56.6. The van der Waals surface area contributed by atoms with Gasteiger partial charge >= 0.3 is 0 Å². The highest BCUT2D eigenvalue weighted by Crippen LogP contribution is 2.66. The number of ether oxygens (including phenoxy) is 4. The first-order chi connectivity index (χ1) is 24.8. The standard InChI is InChI=1S/C39H63NO12/c1-17-4-7-27-18(2)20-5-6-21-22(24(20)14-40(27)13-17)11-25-23(21)12-28(43)26-10-19(8-9-39(25,26)3)49-37-35(48)33(46)36(30(16-42)51-37)52-38-34(47)32(45)31(44)29(15-41)50-38/h17-27,29-38,41-42,44-48H,4-16H2,1-3H3/t17-,18+,19-,20-,21+,22+,23-,24+,25-,26+,27-,29+,30+,31+,32-,33+,34+,35+,36+,37+,38-,39+/m0/s1. The molecule has 4 aliphatic heterocycles. The minimum atomic E-state index is -1.73. The lowest BCUT2D eigenvalue weighted by Crippen LogP contribution is -2.65. The molecule has 7 N–H and O–H groups in total. The summed E-state index contributed by atoms with van der Waals surface area (Å²) in [5.41, 5.74) is -0.112. The topological polar surface area (TPSA) is 199 Å². The molecule has 13 heteroatoms. The van der Waals surface area contributed by atoms with E-state index in [1.807, 2.05) is 0 Å². The second-order valence-corrected chi connectivity index (χ2v) is 18.6. The maximum Gasteiger partial charge on any atom is 0.187 e. The van der Waals surface area contributed by atoms with Crippen molar-refractivity contribution in [2.24, 2.45) is 58.7 Å². The predicted octanol–water partition coefficient (Wildman–Crippen LogP) is 0.420. The smallest absolute Gasteiger partial charge is 0.187 e. The Balaban J connectivity index is 0.919. The molecule has 4 saturated heterocycles. The van der Waals surface area contributed by atoms with Gasteiger partial charge in [-0.1, -0.05) is 20.8 Å². The molecular weight excluding hydrogens is 674 g/mol. The van der Waals surface area contributed by atoms with Gasteiger partial charge in [-0.25, -0.2) is 0 Å². The molecule has 0 amide bonds. The number of fused-ring (bicyclic) bond motifs is 8. The van der Waals surface area contributed by atoms with Crippen LogP contribution in [0.1, 0.15) is 78.6 Å². The fourth-order valence-electron chi connectivity index (χ4n) is 13.3. The first-order valence-corrected chi connectivity index (χ1v) is 20.3. The summed E-state index contributed by atoms with van der Waals surface area (Å²) in [5, 5.41) is 72.8. The van der Waals surface area contributed by atoms with Crippen LogP contribution in [0.5, 0.6) is 0 Å². The van der Waals surface area contributed by atoms with Gasteiger partial charge in [-0.2, -0.15) is 0 Å². The van der Waals surface area contributed by atoms with Crippen molar-refractivity contribution in [2.75, 3.05) is 26.3 Å². The highest BCUT2D eigenvalue weighted by molar-refractivity contribution is 5.83. The number of Topliss-reactive ketones (excluding diaryl/α,β-unsaturated/α-hetero) is 1. The summed E-state index contributed by atoms with van der Waals surface area (Å²) in [6, 6.07) is 0.734. The summed E-state index contributed by atoms with van der Waals surface area (Å²) in [5.74, 6) is 5.49. The molecule has 8 rings (SSSR count). The highest BCUT2D eigenvalue weighted by atomic mass is 16.7. The van der Waals surface area contributed by atoms with Crippen LogP contribution in [0.15, 0.2) is 0 Å². The van der Waals surface area contributed by atoms with Crippen LogP contribution in [0.3, 0.4) is 0 Å². The summed E-state index contributed by atoms with van der Waals surface area (Å²) in [4.78, 5) is 16.9. The van der Waals surface area contributed by atoms with Crippen molar-refractivity contribution >= 4 is 5.78 Å². The van der Waals surface area contributed by atoms with Gasteiger partial charge < -0.3 is 54.7 Å². The van der Waals surface area contributed by atoms with Crippen LogP contribution in [-0.2, 0) is 23.7 Å². The Morgan fingerprint density at radius 1 is 0.731 bits per heavy atom.